The number of rotatable bonds is 0. The Balaban J connectivity index is 0.000000461. The summed E-state index contributed by atoms with van der Waals surface area (Å²) >= 11 is 0. The Morgan fingerprint density at radius 2 is 1.64 bits per heavy atom. The number of hydrogen-bond donors (Lipinski definition) is 0. The molecule has 1 saturated heterocycles. The van der Waals surface area contributed by atoms with Gasteiger partial charge in [-0.2, -0.15) is 0 Å². The van der Waals surface area contributed by atoms with Crippen molar-refractivity contribution in [1.29, 1.82) is 0 Å². The largest absolute Gasteiger partial charge is 0.486 e. The molecule has 0 N–H and O–H groups in total. The second-order valence-corrected chi connectivity index (χ2v) is 3.01. The number of allylic oxidation sites excluding steroid dienone is 4. The number of fused-ring (bicyclic) bond motifs is 1. The summed E-state index contributed by atoms with van der Waals surface area (Å²) < 4.78 is 10.9. The van der Waals surface area contributed by atoms with E-state index < -0.39 is 0 Å². The summed E-state index contributed by atoms with van der Waals surface area (Å²) in [7, 11) is 0. The highest BCUT2D eigenvalue weighted by Crippen LogP contribution is 2.22. The summed E-state index contributed by atoms with van der Waals surface area (Å²) in [6, 6.07) is 0. The lowest BCUT2D eigenvalue weighted by atomic mass is 10.2. The monoisotopic (exact) mass is 194 g/mol. The molecule has 0 radical (unpaired) electrons. The summed E-state index contributed by atoms with van der Waals surface area (Å²) in [4.78, 5) is 0. The first-order valence-corrected chi connectivity index (χ1v) is 5.20. The fraction of sp³-hybridized carbons (Fsp3) is 0.500. The van der Waals surface area contributed by atoms with Crippen LogP contribution in [0.3, 0.4) is 0 Å². The van der Waals surface area contributed by atoms with Crippen molar-refractivity contribution in [1.82, 2.24) is 0 Å². The molecule has 0 atom stereocenters. The second kappa shape index (κ2) is 5.53. The first kappa shape index (κ1) is 10.9. The zero-order valence-electron chi connectivity index (χ0n) is 9.17. The van der Waals surface area contributed by atoms with Gasteiger partial charge in [-0.05, 0) is 25.5 Å². The third kappa shape index (κ3) is 2.66. The average Bonchev–Trinajstić information content (AvgIpc) is 2.45. The quantitative estimate of drug-likeness (QED) is 0.589. The Morgan fingerprint density at radius 1 is 1.00 bits per heavy atom. The van der Waals surface area contributed by atoms with Gasteiger partial charge < -0.3 is 9.47 Å². The first-order valence-electron chi connectivity index (χ1n) is 5.20. The zero-order valence-corrected chi connectivity index (χ0v) is 9.17. The van der Waals surface area contributed by atoms with Crippen molar-refractivity contribution in [2.24, 2.45) is 0 Å². The van der Waals surface area contributed by atoms with E-state index in [-0.39, 0.29) is 0 Å². The molecule has 0 aromatic rings. The molecule has 0 bridgehead atoms. The Labute approximate surface area is 85.9 Å². The Morgan fingerprint density at radius 3 is 2.36 bits per heavy atom. The van der Waals surface area contributed by atoms with Crippen LogP contribution in [0.15, 0.2) is 35.3 Å². The molecule has 0 saturated carbocycles. The molecule has 1 fully saturated rings. The van der Waals surface area contributed by atoms with Crippen LogP contribution < -0.4 is 0 Å². The minimum absolute atomic E-state index is 0.663. The van der Waals surface area contributed by atoms with Gasteiger partial charge in [-0.15, -0.1) is 0 Å². The van der Waals surface area contributed by atoms with Gasteiger partial charge in [0.15, 0.2) is 11.5 Å². The van der Waals surface area contributed by atoms with Crippen molar-refractivity contribution in [2.45, 2.75) is 27.2 Å². The molecule has 0 spiro atoms. The molecular formula is C12H18O2. The van der Waals surface area contributed by atoms with Crippen molar-refractivity contribution >= 4 is 0 Å². The van der Waals surface area contributed by atoms with E-state index >= 15 is 0 Å². The van der Waals surface area contributed by atoms with Crippen LogP contribution in [0.2, 0.25) is 0 Å². The first-order chi connectivity index (χ1) is 6.86. The van der Waals surface area contributed by atoms with E-state index in [0.29, 0.717) is 13.2 Å². The minimum atomic E-state index is 0.663. The van der Waals surface area contributed by atoms with Crippen LogP contribution in [-0.2, 0) is 9.47 Å². The predicted octanol–water partition coefficient (Wildman–Crippen LogP) is 3.18. The van der Waals surface area contributed by atoms with Crippen molar-refractivity contribution < 1.29 is 9.47 Å². The molecular weight excluding hydrogens is 176 g/mol. The normalized spacial score (nSPS) is 19.2. The molecule has 78 valence electrons. The lowest BCUT2D eigenvalue weighted by Crippen LogP contribution is -2.13. The van der Waals surface area contributed by atoms with Crippen LogP contribution in [0.5, 0.6) is 0 Å². The van der Waals surface area contributed by atoms with Gasteiger partial charge in [0.1, 0.15) is 13.2 Å². The van der Waals surface area contributed by atoms with E-state index in [1.54, 1.807) is 0 Å². The lowest BCUT2D eigenvalue weighted by molar-refractivity contribution is 0.0594. The molecule has 14 heavy (non-hydrogen) atoms. The van der Waals surface area contributed by atoms with E-state index in [0.717, 1.165) is 17.9 Å². The Bertz CT molecular complexity index is 272. The maximum Gasteiger partial charge on any atom is 0.161 e. The van der Waals surface area contributed by atoms with Crippen LogP contribution >= 0.6 is 0 Å². The van der Waals surface area contributed by atoms with Crippen LogP contribution in [-0.4, -0.2) is 13.2 Å². The van der Waals surface area contributed by atoms with Gasteiger partial charge in [-0.3, -0.25) is 0 Å². The molecule has 1 heterocycles. The molecule has 1 aliphatic carbocycles. The Hall–Kier alpha value is -1.18. The van der Waals surface area contributed by atoms with E-state index in [1.165, 1.54) is 5.57 Å². The van der Waals surface area contributed by atoms with Gasteiger partial charge in [0.25, 0.3) is 0 Å². The lowest BCUT2D eigenvalue weighted by Gasteiger charge is -2.19. The van der Waals surface area contributed by atoms with Gasteiger partial charge in [-0.1, -0.05) is 25.5 Å². The molecule has 2 heteroatoms. The standard InChI is InChI=1S/C10H12O2.C2H6/c1-8-2-4-9-10(5-3-8)12-7-6-11-9;1-2/h2,4-5H,3,6-7H2,1H3;1-2H3. The highest BCUT2D eigenvalue weighted by molar-refractivity contribution is 5.31. The molecule has 0 amide bonds. The zero-order chi connectivity index (χ0) is 10.4. The highest BCUT2D eigenvalue weighted by atomic mass is 16.6. The van der Waals surface area contributed by atoms with Gasteiger partial charge >= 0.3 is 0 Å². The van der Waals surface area contributed by atoms with Crippen LogP contribution in [0, 0.1) is 0 Å². The van der Waals surface area contributed by atoms with E-state index in [1.807, 2.05) is 19.9 Å². The number of hydrogen-bond acceptors (Lipinski definition) is 2. The summed E-state index contributed by atoms with van der Waals surface area (Å²) in [5.74, 6) is 1.77. The minimum Gasteiger partial charge on any atom is -0.486 e. The molecule has 2 nitrogen and oxygen atoms in total. The number of ether oxygens (including phenoxy) is 2. The fourth-order valence-corrected chi connectivity index (χ4v) is 1.27. The van der Waals surface area contributed by atoms with Crippen molar-refractivity contribution in [3.63, 3.8) is 0 Å². The molecule has 0 aromatic carbocycles. The molecule has 0 unspecified atom stereocenters. The smallest absolute Gasteiger partial charge is 0.161 e. The van der Waals surface area contributed by atoms with Gasteiger partial charge in [0, 0.05) is 0 Å². The summed E-state index contributed by atoms with van der Waals surface area (Å²) in [6.45, 7) is 7.43. The molecule has 2 aliphatic rings. The average molecular weight is 194 g/mol. The fourth-order valence-electron chi connectivity index (χ4n) is 1.27. The van der Waals surface area contributed by atoms with Crippen LogP contribution in [0.25, 0.3) is 0 Å². The third-order valence-electron chi connectivity index (χ3n) is 1.97. The van der Waals surface area contributed by atoms with E-state index in [2.05, 4.69) is 19.1 Å². The van der Waals surface area contributed by atoms with Gasteiger partial charge in [0.05, 0.1) is 0 Å². The van der Waals surface area contributed by atoms with E-state index in [4.69, 9.17) is 9.47 Å². The molecule has 2 rings (SSSR count). The predicted molar refractivity (Wildman–Crippen MR) is 57.8 cm³/mol. The van der Waals surface area contributed by atoms with Crippen molar-refractivity contribution in [2.75, 3.05) is 13.2 Å². The van der Waals surface area contributed by atoms with Crippen molar-refractivity contribution in [3.8, 4) is 0 Å². The topological polar surface area (TPSA) is 18.5 Å². The summed E-state index contributed by atoms with van der Waals surface area (Å²) in [5, 5.41) is 0. The highest BCUT2D eigenvalue weighted by Gasteiger charge is 2.14. The Kier molecular flexibility index (Phi) is 4.30. The maximum atomic E-state index is 5.44. The van der Waals surface area contributed by atoms with Crippen molar-refractivity contribution in [3.05, 3.63) is 35.3 Å². The van der Waals surface area contributed by atoms with Gasteiger partial charge in [0.2, 0.25) is 0 Å². The second-order valence-electron chi connectivity index (χ2n) is 3.01. The maximum absolute atomic E-state index is 5.44. The summed E-state index contributed by atoms with van der Waals surface area (Å²) in [5.41, 5.74) is 1.33. The van der Waals surface area contributed by atoms with Crippen LogP contribution in [0.4, 0.5) is 0 Å². The third-order valence-corrected chi connectivity index (χ3v) is 1.97. The van der Waals surface area contributed by atoms with Gasteiger partial charge in [-0.25, -0.2) is 0 Å². The van der Waals surface area contributed by atoms with Crippen LogP contribution in [0.1, 0.15) is 27.2 Å². The molecule has 1 aliphatic heterocycles. The SMILES string of the molecule is CC.CC1=CC=C2OCCOC2=CC1. The van der Waals surface area contributed by atoms with E-state index in [9.17, 15) is 0 Å². The molecule has 0 aromatic heterocycles. The summed E-state index contributed by atoms with van der Waals surface area (Å²) in [6.07, 6.45) is 7.09.